The topological polar surface area (TPSA) is 42.4 Å². The Morgan fingerprint density at radius 1 is 1.58 bits per heavy atom. The van der Waals surface area contributed by atoms with Crippen LogP contribution in [0.4, 0.5) is 10.5 Å². The summed E-state index contributed by atoms with van der Waals surface area (Å²) in [6, 6.07) is 2.24. The van der Waals surface area contributed by atoms with Gasteiger partial charge in [-0.2, -0.15) is 0 Å². The number of hydrogen-bond donors (Lipinski definition) is 0. The monoisotopic (exact) mass is 262 g/mol. The summed E-state index contributed by atoms with van der Waals surface area (Å²) in [4.78, 5) is 18.6. The van der Waals surface area contributed by atoms with Crippen LogP contribution in [-0.2, 0) is 11.2 Å². The zero-order valence-corrected chi connectivity index (χ0v) is 12.1. The van der Waals surface area contributed by atoms with E-state index in [-0.39, 0.29) is 18.2 Å². The van der Waals surface area contributed by atoms with E-state index in [1.807, 2.05) is 33.0 Å². The maximum absolute atomic E-state index is 12.3. The third-order valence-electron chi connectivity index (χ3n) is 3.43. The van der Waals surface area contributed by atoms with Crippen molar-refractivity contribution in [1.82, 2.24) is 4.98 Å². The molecular weight excluding hydrogens is 240 g/mol. The summed E-state index contributed by atoms with van der Waals surface area (Å²) in [5.41, 5.74) is 2.98. The summed E-state index contributed by atoms with van der Waals surface area (Å²) in [7, 11) is 0. The zero-order chi connectivity index (χ0) is 14.0. The zero-order valence-electron chi connectivity index (χ0n) is 12.1. The van der Waals surface area contributed by atoms with E-state index < -0.39 is 0 Å². The highest BCUT2D eigenvalue weighted by Gasteiger charge is 2.32. The molecule has 0 aliphatic carbocycles. The Morgan fingerprint density at radius 2 is 2.32 bits per heavy atom. The largest absolute Gasteiger partial charge is 0.446 e. The number of rotatable bonds is 2. The Hall–Kier alpha value is -1.58. The Bertz CT molecular complexity index is 471. The number of nitrogens with zero attached hydrogens (tertiary/aromatic N) is 2. The molecule has 1 aromatic rings. The van der Waals surface area contributed by atoms with Gasteiger partial charge in [-0.05, 0) is 51.7 Å². The van der Waals surface area contributed by atoms with Crippen molar-refractivity contribution < 1.29 is 9.53 Å². The van der Waals surface area contributed by atoms with Crippen molar-refractivity contribution in [2.45, 2.75) is 59.1 Å². The highest BCUT2D eigenvalue weighted by molar-refractivity contribution is 5.89. The minimum Gasteiger partial charge on any atom is -0.446 e. The predicted octanol–water partition coefficient (Wildman–Crippen LogP) is 3.47. The number of carbonyl (C=O) groups is 1. The van der Waals surface area contributed by atoms with Crippen molar-refractivity contribution in [2.75, 3.05) is 4.90 Å². The molecule has 1 aliphatic rings. The molecule has 104 valence electrons. The number of carbonyl (C=O) groups excluding carboxylic acids is 1. The Balaban J connectivity index is 2.37. The number of fused-ring (bicyclic) bond motifs is 1. The van der Waals surface area contributed by atoms with Crippen molar-refractivity contribution in [3.05, 3.63) is 23.5 Å². The molecule has 0 radical (unpaired) electrons. The van der Waals surface area contributed by atoms with E-state index in [1.54, 1.807) is 4.90 Å². The lowest BCUT2D eigenvalue weighted by Gasteiger charge is -2.36. The third kappa shape index (κ3) is 2.88. The molecule has 2 heterocycles. The Labute approximate surface area is 114 Å². The van der Waals surface area contributed by atoms with Gasteiger partial charge in [-0.25, -0.2) is 4.79 Å². The average molecular weight is 262 g/mol. The number of anilines is 1. The van der Waals surface area contributed by atoms with Crippen molar-refractivity contribution in [1.29, 1.82) is 0 Å². The number of pyridine rings is 1. The van der Waals surface area contributed by atoms with E-state index in [2.05, 4.69) is 11.9 Å². The quantitative estimate of drug-likeness (QED) is 0.819. The molecule has 0 bridgehead atoms. The van der Waals surface area contributed by atoms with Gasteiger partial charge in [0.1, 0.15) is 0 Å². The molecule has 4 nitrogen and oxygen atoms in total. The molecule has 0 spiro atoms. The number of hydrogen-bond acceptors (Lipinski definition) is 3. The van der Waals surface area contributed by atoms with Gasteiger partial charge in [-0.3, -0.25) is 9.88 Å². The molecule has 0 saturated heterocycles. The molecule has 0 N–H and O–H groups in total. The highest BCUT2D eigenvalue weighted by atomic mass is 16.6. The molecule has 19 heavy (non-hydrogen) atoms. The average Bonchev–Trinajstić information content (AvgIpc) is 2.36. The van der Waals surface area contributed by atoms with Gasteiger partial charge >= 0.3 is 6.09 Å². The second-order valence-corrected chi connectivity index (χ2v) is 5.38. The molecular formula is C15H22N2O2. The molecule has 4 heteroatoms. The standard InChI is InChI=1S/C15H22N2O2/c1-5-12-6-7-13-14(8-11(4)9-16-13)17(12)15(18)19-10(2)3/h8-10,12H,5-7H2,1-4H3. The van der Waals surface area contributed by atoms with Crippen molar-refractivity contribution in [2.24, 2.45) is 0 Å². The first kappa shape index (κ1) is 13.8. The normalized spacial score (nSPS) is 18.4. The van der Waals surface area contributed by atoms with Crippen LogP contribution in [0.25, 0.3) is 0 Å². The SMILES string of the molecule is CCC1CCc2ncc(C)cc2N1C(=O)OC(C)C. The predicted molar refractivity (Wildman–Crippen MR) is 75.5 cm³/mol. The van der Waals surface area contributed by atoms with E-state index in [0.717, 1.165) is 36.2 Å². The van der Waals surface area contributed by atoms with Gasteiger partial charge in [-0.1, -0.05) is 6.92 Å². The number of aryl methyl sites for hydroxylation is 2. The van der Waals surface area contributed by atoms with Crippen molar-refractivity contribution in [3.63, 3.8) is 0 Å². The second kappa shape index (κ2) is 5.59. The summed E-state index contributed by atoms with van der Waals surface area (Å²) >= 11 is 0. The lowest BCUT2D eigenvalue weighted by molar-refractivity contribution is 0.119. The van der Waals surface area contributed by atoms with Gasteiger partial charge in [0.2, 0.25) is 0 Å². The van der Waals surface area contributed by atoms with E-state index in [4.69, 9.17) is 4.74 Å². The highest BCUT2D eigenvalue weighted by Crippen LogP contribution is 2.32. The molecule has 1 aliphatic heterocycles. The minimum atomic E-state index is -0.254. The Morgan fingerprint density at radius 3 is 2.95 bits per heavy atom. The maximum atomic E-state index is 12.3. The minimum absolute atomic E-state index is 0.104. The van der Waals surface area contributed by atoms with Crippen LogP contribution >= 0.6 is 0 Å². The third-order valence-corrected chi connectivity index (χ3v) is 3.43. The van der Waals surface area contributed by atoms with Gasteiger partial charge in [0.05, 0.1) is 17.5 Å². The molecule has 0 fully saturated rings. The van der Waals surface area contributed by atoms with Crippen LogP contribution in [0, 0.1) is 6.92 Å². The molecule has 1 atom stereocenters. The van der Waals surface area contributed by atoms with Gasteiger partial charge in [0.25, 0.3) is 0 Å². The van der Waals surface area contributed by atoms with Gasteiger partial charge in [0, 0.05) is 12.2 Å². The molecule has 2 rings (SSSR count). The summed E-state index contributed by atoms with van der Waals surface area (Å²) in [5, 5.41) is 0. The van der Waals surface area contributed by atoms with Gasteiger partial charge in [-0.15, -0.1) is 0 Å². The summed E-state index contributed by atoms with van der Waals surface area (Å²) in [5.74, 6) is 0. The molecule has 1 aromatic heterocycles. The smallest absolute Gasteiger partial charge is 0.414 e. The molecule has 0 aromatic carbocycles. The first-order valence-corrected chi connectivity index (χ1v) is 6.98. The van der Waals surface area contributed by atoms with Crippen LogP contribution < -0.4 is 4.90 Å². The van der Waals surface area contributed by atoms with E-state index in [0.29, 0.717) is 0 Å². The lowest BCUT2D eigenvalue weighted by atomic mass is 9.98. The van der Waals surface area contributed by atoms with Gasteiger partial charge < -0.3 is 4.74 Å². The van der Waals surface area contributed by atoms with Crippen LogP contribution in [0.3, 0.4) is 0 Å². The van der Waals surface area contributed by atoms with Crippen LogP contribution in [-0.4, -0.2) is 23.2 Å². The van der Waals surface area contributed by atoms with Crippen LogP contribution in [0.5, 0.6) is 0 Å². The van der Waals surface area contributed by atoms with Crippen LogP contribution in [0.1, 0.15) is 44.9 Å². The van der Waals surface area contributed by atoms with Crippen LogP contribution in [0.15, 0.2) is 12.3 Å². The fourth-order valence-corrected chi connectivity index (χ4v) is 2.50. The fraction of sp³-hybridized carbons (Fsp3) is 0.600. The fourth-order valence-electron chi connectivity index (χ4n) is 2.50. The summed E-state index contributed by atoms with van der Waals surface area (Å²) in [6.07, 6.45) is 4.31. The molecule has 0 saturated carbocycles. The first-order chi connectivity index (χ1) is 9.02. The van der Waals surface area contributed by atoms with Crippen LogP contribution in [0.2, 0.25) is 0 Å². The molecule has 1 unspecified atom stereocenters. The maximum Gasteiger partial charge on any atom is 0.414 e. The Kier molecular flexibility index (Phi) is 4.08. The number of amides is 1. The first-order valence-electron chi connectivity index (χ1n) is 6.98. The van der Waals surface area contributed by atoms with E-state index in [1.165, 1.54) is 0 Å². The number of aromatic nitrogens is 1. The lowest BCUT2D eigenvalue weighted by Crippen LogP contribution is -2.44. The molecule has 1 amide bonds. The van der Waals surface area contributed by atoms with E-state index >= 15 is 0 Å². The summed E-state index contributed by atoms with van der Waals surface area (Å²) in [6.45, 7) is 7.85. The van der Waals surface area contributed by atoms with Crippen molar-refractivity contribution in [3.8, 4) is 0 Å². The van der Waals surface area contributed by atoms with Crippen molar-refractivity contribution >= 4 is 11.8 Å². The van der Waals surface area contributed by atoms with E-state index in [9.17, 15) is 4.79 Å². The van der Waals surface area contributed by atoms with Gasteiger partial charge in [0.15, 0.2) is 0 Å². The second-order valence-electron chi connectivity index (χ2n) is 5.38. The summed E-state index contributed by atoms with van der Waals surface area (Å²) < 4.78 is 5.38. The number of ether oxygens (including phenoxy) is 1.